The van der Waals surface area contributed by atoms with E-state index in [1.54, 1.807) is 6.07 Å². The van der Waals surface area contributed by atoms with Crippen molar-refractivity contribution in [2.45, 2.75) is 51.4 Å². The molecule has 2 amide bonds. The molecule has 3 N–H and O–H groups in total. The van der Waals surface area contributed by atoms with Crippen LogP contribution < -0.4 is 10.9 Å². The number of aromatic amines is 1. The van der Waals surface area contributed by atoms with E-state index < -0.39 is 5.91 Å². The lowest BCUT2D eigenvalue weighted by atomic mass is 9.86. The zero-order chi connectivity index (χ0) is 18.2. The SMILES string of the molecule is O=C(CCCC1CCCCC1)NNC(=O)c1cc(-c2ccccc2)n[nH]1. The van der Waals surface area contributed by atoms with E-state index in [-0.39, 0.29) is 5.91 Å². The largest absolute Gasteiger partial charge is 0.287 e. The Morgan fingerprint density at radius 1 is 1.08 bits per heavy atom. The Bertz CT molecular complexity index is 720. The van der Waals surface area contributed by atoms with E-state index in [2.05, 4.69) is 21.0 Å². The number of nitrogens with zero attached hydrogens (tertiary/aromatic N) is 1. The molecule has 0 saturated heterocycles. The molecule has 1 aliphatic carbocycles. The smallest absolute Gasteiger partial charge is 0.273 e. The number of hydrogen-bond acceptors (Lipinski definition) is 3. The first-order valence-electron chi connectivity index (χ1n) is 9.42. The lowest BCUT2D eigenvalue weighted by molar-refractivity contribution is -0.122. The predicted octanol–water partition coefficient (Wildman–Crippen LogP) is 3.59. The van der Waals surface area contributed by atoms with Crippen LogP contribution in [0.2, 0.25) is 0 Å². The van der Waals surface area contributed by atoms with E-state index in [0.717, 1.165) is 24.3 Å². The lowest BCUT2D eigenvalue weighted by Gasteiger charge is -2.21. The number of hydrazine groups is 1. The van der Waals surface area contributed by atoms with Gasteiger partial charge in [-0.3, -0.25) is 25.5 Å². The van der Waals surface area contributed by atoms with E-state index in [0.29, 0.717) is 17.8 Å². The molecule has 26 heavy (non-hydrogen) atoms. The molecule has 1 heterocycles. The fourth-order valence-electron chi connectivity index (χ4n) is 3.48. The molecule has 0 radical (unpaired) electrons. The highest BCUT2D eigenvalue weighted by atomic mass is 16.2. The minimum absolute atomic E-state index is 0.156. The van der Waals surface area contributed by atoms with Gasteiger partial charge in [0.2, 0.25) is 5.91 Å². The topological polar surface area (TPSA) is 86.9 Å². The molecule has 138 valence electrons. The highest BCUT2D eigenvalue weighted by Crippen LogP contribution is 2.27. The molecule has 1 saturated carbocycles. The third kappa shape index (κ3) is 5.18. The molecule has 2 aromatic rings. The summed E-state index contributed by atoms with van der Waals surface area (Å²) in [7, 11) is 0. The van der Waals surface area contributed by atoms with Crippen molar-refractivity contribution >= 4 is 11.8 Å². The third-order valence-corrected chi connectivity index (χ3v) is 4.95. The number of carbonyl (C=O) groups excluding carboxylic acids is 2. The first-order chi connectivity index (χ1) is 12.7. The van der Waals surface area contributed by atoms with Gasteiger partial charge in [-0.1, -0.05) is 62.4 Å². The number of rotatable bonds is 6. The Morgan fingerprint density at radius 2 is 1.85 bits per heavy atom. The molecule has 0 atom stereocenters. The summed E-state index contributed by atoms with van der Waals surface area (Å²) in [6, 6.07) is 11.3. The van der Waals surface area contributed by atoms with Gasteiger partial charge in [0.1, 0.15) is 5.69 Å². The third-order valence-electron chi connectivity index (χ3n) is 4.95. The van der Waals surface area contributed by atoms with Crippen molar-refractivity contribution in [3.63, 3.8) is 0 Å². The van der Waals surface area contributed by atoms with Gasteiger partial charge in [-0.15, -0.1) is 0 Å². The minimum Gasteiger partial charge on any atom is -0.273 e. The number of benzene rings is 1. The van der Waals surface area contributed by atoms with Crippen molar-refractivity contribution in [3.05, 3.63) is 42.1 Å². The number of H-pyrrole nitrogens is 1. The van der Waals surface area contributed by atoms with Gasteiger partial charge in [0.25, 0.3) is 5.91 Å². The van der Waals surface area contributed by atoms with Crippen LogP contribution in [-0.4, -0.2) is 22.0 Å². The Labute approximate surface area is 153 Å². The number of hydrogen-bond donors (Lipinski definition) is 3. The molecule has 0 aliphatic heterocycles. The molecular weight excluding hydrogens is 328 g/mol. The highest BCUT2D eigenvalue weighted by Gasteiger charge is 2.14. The number of carbonyl (C=O) groups is 2. The average Bonchev–Trinajstić information content (AvgIpc) is 3.18. The van der Waals surface area contributed by atoms with Gasteiger partial charge in [0, 0.05) is 12.0 Å². The molecular formula is C20H26N4O2. The fourth-order valence-corrected chi connectivity index (χ4v) is 3.48. The Morgan fingerprint density at radius 3 is 2.62 bits per heavy atom. The van der Waals surface area contributed by atoms with Gasteiger partial charge in [-0.25, -0.2) is 0 Å². The van der Waals surface area contributed by atoms with Crippen LogP contribution in [0.1, 0.15) is 61.9 Å². The zero-order valence-corrected chi connectivity index (χ0v) is 15.0. The van der Waals surface area contributed by atoms with Crippen LogP contribution in [0, 0.1) is 5.92 Å². The second-order valence-corrected chi connectivity index (χ2v) is 6.93. The van der Waals surface area contributed by atoms with Crippen LogP contribution >= 0.6 is 0 Å². The highest BCUT2D eigenvalue weighted by molar-refractivity contribution is 5.94. The minimum atomic E-state index is -0.402. The maximum Gasteiger partial charge on any atom is 0.287 e. The summed E-state index contributed by atoms with van der Waals surface area (Å²) < 4.78 is 0. The standard InChI is InChI=1S/C20H26N4O2/c25-19(13-7-10-15-8-3-1-4-9-15)23-24-20(26)18-14-17(21-22-18)16-11-5-2-6-12-16/h2,5-6,11-12,14-15H,1,3-4,7-10,13H2,(H,21,22)(H,23,25)(H,24,26). The van der Waals surface area contributed by atoms with Crippen molar-refractivity contribution in [3.8, 4) is 11.3 Å². The second kappa shape index (κ2) is 9.17. The van der Waals surface area contributed by atoms with Crippen LogP contribution in [0.4, 0.5) is 0 Å². The molecule has 3 rings (SSSR count). The summed E-state index contributed by atoms with van der Waals surface area (Å²) in [6.45, 7) is 0. The molecule has 1 aromatic heterocycles. The Hall–Kier alpha value is -2.63. The van der Waals surface area contributed by atoms with Gasteiger partial charge < -0.3 is 0 Å². The maximum absolute atomic E-state index is 12.1. The predicted molar refractivity (Wildman–Crippen MR) is 100 cm³/mol. The number of nitrogens with one attached hydrogen (secondary N) is 3. The van der Waals surface area contributed by atoms with Crippen molar-refractivity contribution in [1.29, 1.82) is 0 Å². The number of amides is 2. The van der Waals surface area contributed by atoms with Crippen molar-refractivity contribution in [1.82, 2.24) is 21.0 Å². The van der Waals surface area contributed by atoms with Gasteiger partial charge in [0.15, 0.2) is 0 Å². The van der Waals surface area contributed by atoms with E-state index in [4.69, 9.17) is 0 Å². The summed E-state index contributed by atoms with van der Waals surface area (Å²) in [4.78, 5) is 24.0. The first kappa shape index (κ1) is 18.2. The molecule has 6 nitrogen and oxygen atoms in total. The molecule has 0 unspecified atom stereocenters. The molecule has 1 aromatic carbocycles. The lowest BCUT2D eigenvalue weighted by Crippen LogP contribution is -2.41. The van der Waals surface area contributed by atoms with Crippen LogP contribution in [-0.2, 0) is 4.79 Å². The normalized spacial score (nSPS) is 14.8. The molecule has 1 aliphatic rings. The monoisotopic (exact) mass is 354 g/mol. The molecule has 6 heteroatoms. The zero-order valence-electron chi connectivity index (χ0n) is 15.0. The average molecular weight is 354 g/mol. The van der Waals surface area contributed by atoms with Crippen molar-refractivity contribution in [2.24, 2.45) is 5.92 Å². The summed E-state index contributed by atoms with van der Waals surface area (Å²) >= 11 is 0. The first-order valence-corrected chi connectivity index (χ1v) is 9.42. The van der Waals surface area contributed by atoms with Gasteiger partial charge in [-0.05, 0) is 24.8 Å². The van der Waals surface area contributed by atoms with E-state index in [1.807, 2.05) is 30.3 Å². The van der Waals surface area contributed by atoms with E-state index >= 15 is 0 Å². The number of aromatic nitrogens is 2. The summed E-state index contributed by atoms with van der Waals surface area (Å²) in [5.74, 6) is 0.213. The second-order valence-electron chi connectivity index (χ2n) is 6.93. The fraction of sp³-hybridized carbons (Fsp3) is 0.450. The molecule has 1 fully saturated rings. The van der Waals surface area contributed by atoms with Crippen LogP contribution in [0.15, 0.2) is 36.4 Å². The summed E-state index contributed by atoms with van der Waals surface area (Å²) in [6.07, 6.45) is 8.99. The quantitative estimate of drug-likeness (QED) is 0.693. The van der Waals surface area contributed by atoms with Gasteiger partial charge >= 0.3 is 0 Å². The van der Waals surface area contributed by atoms with Gasteiger partial charge in [-0.2, -0.15) is 5.10 Å². The Kier molecular flexibility index (Phi) is 6.41. The van der Waals surface area contributed by atoms with Gasteiger partial charge in [0.05, 0.1) is 5.69 Å². The summed E-state index contributed by atoms with van der Waals surface area (Å²) in [5.41, 5.74) is 6.85. The molecule has 0 bridgehead atoms. The molecule has 0 spiro atoms. The van der Waals surface area contributed by atoms with Crippen molar-refractivity contribution < 1.29 is 9.59 Å². The Balaban J connectivity index is 1.39. The summed E-state index contributed by atoms with van der Waals surface area (Å²) in [5, 5.41) is 6.84. The van der Waals surface area contributed by atoms with Crippen LogP contribution in [0.3, 0.4) is 0 Å². The van der Waals surface area contributed by atoms with E-state index in [1.165, 1.54) is 32.1 Å². The maximum atomic E-state index is 12.1. The van der Waals surface area contributed by atoms with Crippen LogP contribution in [0.25, 0.3) is 11.3 Å². The van der Waals surface area contributed by atoms with Crippen LogP contribution in [0.5, 0.6) is 0 Å². The van der Waals surface area contributed by atoms with E-state index in [9.17, 15) is 9.59 Å². The van der Waals surface area contributed by atoms with Crippen molar-refractivity contribution in [2.75, 3.05) is 0 Å².